The number of thiazole rings is 1. The SMILES string of the molecule is Cl.ClCc1csc(COc2ccc(Cl)cc2)n1. The fourth-order valence-electron chi connectivity index (χ4n) is 1.15. The Labute approximate surface area is 120 Å². The molecule has 0 saturated carbocycles. The summed E-state index contributed by atoms with van der Waals surface area (Å²) in [4.78, 5) is 4.30. The fraction of sp³-hybridized carbons (Fsp3) is 0.182. The number of alkyl halides is 1. The Bertz CT molecular complexity index is 458. The molecule has 6 heteroatoms. The zero-order valence-electron chi connectivity index (χ0n) is 8.73. The number of ether oxygens (including phenoxy) is 1. The fourth-order valence-corrected chi connectivity index (χ4v) is 2.21. The first-order chi connectivity index (χ1) is 7.78. The number of rotatable bonds is 4. The predicted octanol–water partition coefficient (Wildman–Crippen LogP) is 4.54. The van der Waals surface area contributed by atoms with E-state index < -0.39 is 0 Å². The second-order valence-corrected chi connectivity index (χ2v) is 4.76. The number of hydrogen-bond donors (Lipinski definition) is 0. The largest absolute Gasteiger partial charge is 0.486 e. The van der Waals surface area contributed by atoms with Crippen LogP contribution in [-0.2, 0) is 12.5 Å². The van der Waals surface area contributed by atoms with Gasteiger partial charge in [-0.3, -0.25) is 0 Å². The van der Waals surface area contributed by atoms with Crippen molar-refractivity contribution in [1.82, 2.24) is 4.98 Å². The quantitative estimate of drug-likeness (QED) is 0.774. The van der Waals surface area contributed by atoms with Crippen molar-refractivity contribution in [1.29, 1.82) is 0 Å². The van der Waals surface area contributed by atoms with Crippen LogP contribution in [0.25, 0.3) is 0 Å². The summed E-state index contributed by atoms with van der Waals surface area (Å²) < 4.78 is 5.55. The van der Waals surface area contributed by atoms with Crippen LogP contribution in [0.4, 0.5) is 0 Å². The molecule has 1 heterocycles. The van der Waals surface area contributed by atoms with E-state index in [1.807, 2.05) is 17.5 Å². The van der Waals surface area contributed by atoms with Crippen molar-refractivity contribution in [2.45, 2.75) is 12.5 Å². The Kier molecular flexibility index (Phi) is 6.06. The van der Waals surface area contributed by atoms with Crippen LogP contribution in [0.3, 0.4) is 0 Å². The first-order valence-corrected chi connectivity index (χ1v) is 6.45. The summed E-state index contributed by atoms with van der Waals surface area (Å²) in [6, 6.07) is 7.25. The molecule has 0 aliphatic carbocycles. The van der Waals surface area contributed by atoms with E-state index in [1.165, 1.54) is 0 Å². The Morgan fingerprint density at radius 1 is 1.24 bits per heavy atom. The summed E-state index contributed by atoms with van der Waals surface area (Å²) >= 11 is 13.0. The number of halogens is 3. The van der Waals surface area contributed by atoms with Gasteiger partial charge in [0.2, 0.25) is 0 Å². The van der Waals surface area contributed by atoms with E-state index in [0.29, 0.717) is 17.5 Å². The van der Waals surface area contributed by atoms with E-state index in [0.717, 1.165) is 16.5 Å². The van der Waals surface area contributed by atoms with Gasteiger partial charge >= 0.3 is 0 Å². The number of aromatic nitrogens is 1. The van der Waals surface area contributed by atoms with Gasteiger partial charge in [0.05, 0.1) is 11.6 Å². The van der Waals surface area contributed by atoms with Gasteiger partial charge in [-0.15, -0.1) is 35.3 Å². The predicted molar refractivity (Wildman–Crippen MR) is 74.7 cm³/mol. The van der Waals surface area contributed by atoms with Crippen molar-refractivity contribution in [3.05, 3.63) is 45.4 Å². The summed E-state index contributed by atoms with van der Waals surface area (Å²) in [5, 5.41) is 3.56. The summed E-state index contributed by atoms with van der Waals surface area (Å²) in [6.07, 6.45) is 0. The van der Waals surface area contributed by atoms with Gasteiger partial charge in [0.25, 0.3) is 0 Å². The van der Waals surface area contributed by atoms with Crippen molar-refractivity contribution in [3.63, 3.8) is 0 Å². The maximum absolute atomic E-state index is 5.77. The number of benzene rings is 1. The third-order valence-corrected chi connectivity index (χ3v) is 3.31. The minimum atomic E-state index is 0. The lowest BCUT2D eigenvalue weighted by atomic mass is 10.3. The standard InChI is InChI=1S/C11H9Cl2NOS.ClH/c12-5-9-7-16-11(14-9)6-15-10-3-1-8(13)2-4-10;/h1-4,7H,5-6H2;1H. The number of nitrogens with zero attached hydrogens (tertiary/aromatic N) is 1. The molecule has 92 valence electrons. The molecule has 0 N–H and O–H groups in total. The molecular weight excluding hydrogens is 301 g/mol. The molecular formula is C11H10Cl3NOS. The molecule has 0 amide bonds. The molecule has 0 aliphatic rings. The van der Waals surface area contributed by atoms with Crippen molar-refractivity contribution in [2.24, 2.45) is 0 Å². The minimum Gasteiger partial charge on any atom is -0.486 e. The second-order valence-electron chi connectivity index (χ2n) is 3.11. The minimum absolute atomic E-state index is 0. The van der Waals surface area contributed by atoms with Crippen molar-refractivity contribution >= 4 is 46.9 Å². The van der Waals surface area contributed by atoms with Crippen LogP contribution in [0, 0.1) is 0 Å². The van der Waals surface area contributed by atoms with Gasteiger partial charge in [0, 0.05) is 10.4 Å². The van der Waals surface area contributed by atoms with Crippen molar-refractivity contribution in [2.75, 3.05) is 0 Å². The lowest BCUT2D eigenvalue weighted by Gasteiger charge is -2.03. The molecule has 17 heavy (non-hydrogen) atoms. The van der Waals surface area contributed by atoms with Gasteiger partial charge in [-0.1, -0.05) is 11.6 Å². The molecule has 1 aromatic heterocycles. The molecule has 2 aromatic rings. The molecule has 2 nitrogen and oxygen atoms in total. The first kappa shape index (κ1) is 14.6. The zero-order valence-corrected chi connectivity index (χ0v) is 11.9. The average Bonchev–Trinajstić information content (AvgIpc) is 2.76. The second kappa shape index (κ2) is 7.07. The van der Waals surface area contributed by atoms with E-state index in [2.05, 4.69) is 4.98 Å². The molecule has 1 aromatic carbocycles. The van der Waals surface area contributed by atoms with E-state index in [4.69, 9.17) is 27.9 Å². The maximum Gasteiger partial charge on any atom is 0.140 e. The van der Waals surface area contributed by atoms with E-state index in [-0.39, 0.29) is 12.4 Å². The van der Waals surface area contributed by atoms with Crippen LogP contribution < -0.4 is 4.74 Å². The summed E-state index contributed by atoms with van der Waals surface area (Å²) in [5.74, 6) is 1.23. The molecule has 0 fully saturated rings. The van der Waals surface area contributed by atoms with Gasteiger partial charge in [0.1, 0.15) is 17.4 Å². The Balaban J connectivity index is 0.00000144. The van der Waals surface area contributed by atoms with Gasteiger partial charge in [-0.05, 0) is 24.3 Å². The van der Waals surface area contributed by atoms with Gasteiger partial charge in [0.15, 0.2) is 0 Å². The van der Waals surface area contributed by atoms with E-state index in [9.17, 15) is 0 Å². The molecule has 0 bridgehead atoms. The summed E-state index contributed by atoms with van der Waals surface area (Å²) in [6.45, 7) is 0.461. The Morgan fingerprint density at radius 2 is 1.94 bits per heavy atom. The third kappa shape index (κ3) is 4.36. The summed E-state index contributed by atoms with van der Waals surface area (Å²) in [7, 11) is 0. The lowest BCUT2D eigenvalue weighted by molar-refractivity contribution is 0.305. The van der Waals surface area contributed by atoms with Crippen molar-refractivity contribution < 1.29 is 4.74 Å². The molecule has 2 rings (SSSR count). The molecule has 0 spiro atoms. The Morgan fingerprint density at radius 3 is 2.53 bits per heavy atom. The third-order valence-electron chi connectivity index (χ3n) is 1.91. The smallest absolute Gasteiger partial charge is 0.140 e. The normalized spacial score (nSPS) is 9.76. The van der Waals surface area contributed by atoms with Crippen LogP contribution in [-0.4, -0.2) is 4.98 Å². The van der Waals surface area contributed by atoms with E-state index >= 15 is 0 Å². The van der Waals surface area contributed by atoms with Crippen LogP contribution in [0.15, 0.2) is 29.6 Å². The highest BCUT2D eigenvalue weighted by molar-refractivity contribution is 7.09. The molecule has 0 unspecified atom stereocenters. The number of hydrogen-bond acceptors (Lipinski definition) is 3. The van der Waals surface area contributed by atoms with Crippen LogP contribution >= 0.6 is 46.9 Å². The summed E-state index contributed by atoms with van der Waals surface area (Å²) in [5.41, 5.74) is 0.890. The lowest BCUT2D eigenvalue weighted by Crippen LogP contribution is -1.94. The highest BCUT2D eigenvalue weighted by Crippen LogP contribution is 2.18. The molecule has 0 radical (unpaired) electrons. The molecule has 0 saturated heterocycles. The maximum atomic E-state index is 5.77. The Hall–Kier alpha value is -0.480. The average molecular weight is 311 g/mol. The van der Waals surface area contributed by atoms with Gasteiger partial charge in [-0.2, -0.15) is 0 Å². The monoisotopic (exact) mass is 309 g/mol. The van der Waals surface area contributed by atoms with Crippen LogP contribution in [0.2, 0.25) is 5.02 Å². The highest BCUT2D eigenvalue weighted by atomic mass is 35.5. The molecule has 0 aliphatic heterocycles. The van der Waals surface area contributed by atoms with Crippen LogP contribution in [0.5, 0.6) is 5.75 Å². The van der Waals surface area contributed by atoms with E-state index in [1.54, 1.807) is 23.5 Å². The zero-order chi connectivity index (χ0) is 11.4. The van der Waals surface area contributed by atoms with Crippen LogP contribution in [0.1, 0.15) is 10.7 Å². The topological polar surface area (TPSA) is 22.1 Å². The van der Waals surface area contributed by atoms with Gasteiger partial charge < -0.3 is 4.74 Å². The van der Waals surface area contributed by atoms with Gasteiger partial charge in [-0.25, -0.2) is 4.98 Å². The van der Waals surface area contributed by atoms with Crippen molar-refractivity contribution in [3.8, 4) is 5.75 Å². The highest BCUT2D eigenvalue weighted by Gasteiger charge is 2.02. The molecule has 0 atom stereocenters. The first-order valence-electron chi connectivity index (χ1n) is 4.65.